The predicted octanol–water partition coefficient (Wildman–Crippen LogP) is 5.71. The molecule has 0 saturated carbocycles. The molecule has 0 radical (unpaired) electrons. The van der Waals surface area contributed by atoms with Crippen LogP contribution in [0.1, 0.15) is 23.7 Å². The maximum absolute atomic E-state index is 6.15. The third kappa shape index (κ3) is 3.10. The Morgan fingerprint density at radius 2 is 1.55 bits per heavy atom. The minimum Gasteiger partial charge on any atom is -0.256 e. The van der Waals surface area contributed by atoms with Crippen molar-refractivity contribution in [2.75, 3.05) is 0 Å². The van der Waals surface area contributed by atoms with Crippen molar-refractivity contribution in [1.29, 1.82) is 0 Å². The Morgan fingerprint density at radius 1 is 0.818 bits per heavy atom. The minimum absolute atomic E-state index is 0.741. The van der Waals surface area contributed by atoms with Crippen molar-refractivity contribution in [3.05, 3.63) is 101 Å². The van der Waals surface area contributed by atoms with Crippen molar-refractivity contribution in [1.82, 2.24) is 4.98 Å². The molecule has 0 aliphatic carbocycles. The predicted molar refractivity (Wildman–Crippen MR) is 93.7 cm³/mol. The van der Waals surface area contributed by atoms with Crippen LogP contribution in [0.15, 0.2) is 79.0 Å². The molecule has 0 amide bonds. The maximum Gasteiger partial charge on any atom is 0.0710 e. The second-order valence-electron chi connectivity index (χ2n) is 5.09. The lowest BCUT2D eigenvalue weighted by Crippen LogP contribution is -1.95. The molecule has 0 saturated heterocycles. The monoisotopic (exact) mass is 305 g/mol. The molecule has 0 aliphatic rings. The number of hydrogen-bond donors (Lipinski definition) is 0. The van der Waals surface area contributed by atoms with Crippen molar-refractivity contribution in [3.8, 4) is 0 Å². The Kier molecular flexibility index (Phi) is 4.36. The van der Waals surface area contributed by atoms with Gasteiger partial charge in [-0.2, -0.15) is 0 Å². The SMILES string of the molecule is C/C(=C(/c1ccccc1)c1ccccn1)c1cccc(Cl)c1. The van der Waals surface area contributed by atoms with Crippen LogP contribution in [0.25, 0.3) is 11.1 Å². The summed E-state index contributed by atoms with van der Waals surface area (Å²) in [5.41, 5.74) is 5.51. The van der Waals surface area contributed by atoms with Crippen molar-refractivity contribution in [2.24, 2.45) is 0 Å². The van der Waals surface area contributed by atoms with Gasteiger partial charge in [0.25, 0.3) is 0 Å². The molecular weight excluding hydrogens is 290 g/mol. The first kappa shape index (κ1) is 14.6. The zero-order valence-corrected chi connectivity index (χ0v) is 13.1. The van der Waals surface area contributed by atoms with E-state index < -0.39 is 0 Å². The molecule has 0 atom stereocenters. The van der Waals surface area contributed by atoms with Gasteiger partial charge in [0.15, 0.2) is 0 Å². The Labute approximate surface area is 135 Å². The topological polar surface area (TPSA) is 12.9 Å². The number of pyridine rings is 1. The smallest absolute Gasteiger partial charge is 0.0710 e. The number of benzene rings is 2. The van der Waals surface area contributed by atoms with Gasteiger partial charge < -0.3 is 0 Å². The van der Waals surface area contributed by atoms with Crippen LogP contribution < -0.4 is 0 Å². The molecule has 0 unspecified atom stereocenters. The van der Waals surface area contributed by atoms with Crippen LogP contribution in [0.4, 0.5) is 0 Å². The average molecular weight is 306 g/mol. The number of halogens is 1. The van der Waals surface area contributed by atoms with Crippen LogP contribution in [0.3, 0.4) is 0 Å². The standard InChI is InChI=1S/C20H16ClN/c1-15(17-10-7-11-18(21)14-17)20(16-8-3-2-4-9-16)19-12-5-6-13-22-19/h2-14H,1H3/b20-15+. The van der Waals surface area contributed by atoms with Gasteiger partial charge in [0.05, 0.1) is 5.69 Å². The number of nitrogens with zero attached hydrogens (tertiary/aromatic N) is 1. The van der Waals surface area contributed by atoms with Crippen LogP contribution >= 0.6 is 11.6 Å². The fraction of sp³-hybridized carbons (Fsp3) is 0.0500. The molecule has 0 fully saturated rings. The summed E-state index contributed by atoms with van der Waals surface area (Å²) >= 11 is 6.15. The summed E-state index contributed by atoms with van der Waals surface area (Å²) < 4.78 is 0. The van der Waals surface area contributed by atoms with Crippen LogP contribution in [0.5, 0.6) is 0 Å². The van der Waals surface area contributed by atoms with Gasteiger partial charge in [0.1, 0.15) is 0 Å². The number of hydrogen-bond acceptors (Lipinski definition) is 1. The molecule has 2 heteroatoms. The van der Waals surface area contributed by atoms with E-state index in [2.05, 4.69) is 30.1 Å². The van der Waals surface area contributed by atoms with Gasteiger partial charge in [0.2, 0.25) is 0 Å². The summed E-state index contributed by atoms with van der Waals surface area (Å²) in [6.07, 6.45) is 1.82. The molecule has 3 rings (SSSR count). The van der Waals surface area contributed by atoms with E-state index in [1.54, 1.807) is 0 Å². The van der Waals surface area contributed by atoms with Gasteiger partial charge in [-0.3, -0.25) is 4.98 Å². The Hall–Kier alpha value is -2.38. The summed E-state index contributed by atoms with van der Waals surface area (Å²) in [5, 5.41) is 0.741. The van der Waals surface area contributed by atoms with Gasteiger partial charge in [0, 0.05) is 16.8 Å². The molecule has 108 valence electrons. The van der Waals surface area contributed by atoms with Crippen molar-refractivity contribution >= 4 is 22.7 Å². The zero-order chi connectivity index (χ0) is 15.4. The third-order valence-electron chi connectivity index (χ3n) is 3.62. The molecule has 3 aromatic rings. The van der Waals surface area contributed by atoms with Gasteiger partial charge in [-0.15, -0.1) is 0 Å². The summed E-state index contributed by atoms with van der Waals surface area (Å²) in [7, 11) is 0. The van der Waals surface area contributed by atoms with Crippen LogP contribution in [0.2, 0.25) is 5.02 Å². The van der Waals surface area contributed by atoms with E-state index in [-0.39, 0.29) is 0 Å². The normalized spacial score (nSPS) is 11.9. The summed E-state index contributed by atoms with van der Waals surface area (Å²) in [5.74, 6) is 0. The first-order valence-corrected chi connectivity index (χ1v) is 7.57. The van der Waals surface area contributed by atoms with Gasteiger partial charge >= 0.3 is 0 Å². The first-order valence-electron chi connectivity index (χ1n) is 7.19. The molecule has 1 nitrogen and oxygen atoms in total. The van der Waals surface area contributed by atoms with Crippen molar-refractivity contribution < 1.29 is 0 Å². The van der Waals surface area contributed by atoms with Gasteiger partial charge in [-0.05, 0) is 47.9 Å². The van der Waals surface area contributed by atoms with E-state index in [9.17, 15) is 0 Å². The number of rotatable bonds is 3. The fourth-order valence-electron chi connectivity index (χ4n) is 2.54. The maximum atomic E-state index is 6.15. The Morgan fingerprint density at radius 3 is 2.23 bits per heavy atom. The molecule has 0 bridgehead atoms. The summed E-state index contributed by atoms with van der Waals surface area (Å²) in [6, 6.07) is 24.2. The number of allylic oxidation sites excluding steroid dienone is 1. The van der Waals surface area contributed by atoms with Gasteiger partial charge in [-0.25, -0.2) is 0 Å². The zero-order valence-electron chi connectivity index (χ0n) is 12.3. The Bertz CT molecular complexity index is 751. The van der Waals surface area contributed by atoms with Crippen molar-refractivity contribution in [3.63, 3.8) is 0 Å². The Balaban J connectivity index is 2.23. The van der Waals surface area contributed by atoms with E-state index in [1.807, 2.05) is 60.8 Å². The molecule has 1 heterocycles. The lowest BCUT2D eigenvalue weighted by atomic mass is 9.93. The third-order valence-corrected chi connectivity index (χ3v) is 3.85. The highest BCUT2D eigenvalue weighted by atomic mass is 35.5. The summed E-state index contributed by atoms with van der Waals surface area (Å²) in [4.78, 5) is 4.53. The number of aromatic nitrogens is 1. The van der Waals surface area contributed by atoms with Crippen LogP contribution in [0, 0.1) is 0 Å². The second kappa shape index (κ2) is 6.59. The highest BCUT2D eigenvalue weighted by Crippen LogP contribution is 2.31. The molecule has 1 aromatic heterocycles. The largest absolute Gasteiger partial charge is 0.256 e. The van der Waals surface area contributed by atoms with Gasteiger partial charge in [-0.1, -0.05) is 60.1 Å². The van der Waals surface area contributed by atoms with Crippen LogP contribution in [-0.4, -0.2) is 4.98 Å². The highest BCUT2D eigenvalue weighted by Gasteiger charge is 2.11. The highest BCUT2D eigenvalue weighted by molar-refractivity contribution is 6.30. The molecule has 2 aromatic carbocycles. The van der Waals surface area contributed by atoms with Crippen LogP contribution in [-0.2, 0) is 0 Å². The van der Waals surface area contributed by atoms with E-state index >= 15 is 0 Å². The lowest BCUT2D eigenvalue weighted by molar-refractivity contribution is 1.27. The molecular formula is C20H16ClN. The fourth-order valence-corrected chi connectivity index (χ4v) is 2.73. The first-order chi connectivity index (χ1) is 10.8. The molecule has 0 aliphatic heterocycles. The quantitative estimate of drug-likeness (QED) is 0.564. The molecule has 0 spiro atoms. The second-order valence-corrected chi connectivity index (χ2v) is 5.53. The van der Waals surface area contributed by atoms with Crippen molar-refractivity contribution in [2.45, 2.75) is 6.92 Å². The van der Waals surface area contributed by atoms with E-state index in [1.165, 1.54) is 0 Å². The summed E-state index contributed by atoms with van der Waals surface area (Å²) in [6.45, 7) is 2.11. The van der Waals surface area contributed by atoms with E-state index in [0.29, 0.717) is 0 Å². The van der Waals surface area contributed by atoms with E-state index in [4.69, 9.17) is 11.6 Å². The molecule has 22 heavy (non-hydrogen) atoms. The lowest BCUT2D eigenvalue weighted by Gasteiger charge is -2.13. The molecule has 0 N–H and O–H groups in total. The van der Waals surface area contributed by atoms with E-state index in [0.717, 1.165) is 33.0 Å². The minimum atomic E-state index is 0.741. The average Bonchev–Trinajstić information content (AvgIpc) is 2.57.